The third kappa shape index (κ3) is 2.29. The summed E-state index contributed by atoms with van der Waals surface area (Å²) in [6.45, 7) is 0.500. The van der Waals surface area contributed by atoms with E-state index in [1.807, 2.05) is 42.5 Å². The van der Waals surface area contributed by atoms with Crippen LogP contribution in [-0.2, 0) is 6.61 Å². The Hall–Kier alpha value is -1.87. The van der Waals surface area contributed by atoms with Crippen LogP contribution in [0.4, 0.5) is 0 Å². The van der Waals surface area contributed by atoms with Crippen molar-refractivity contribution in [3.63, 3.8) is 0 Å². The highest BCUT2D eigenvalue weighted by Crippen LogP contribution is 2.22. The molecule has 1 heterocycles. The number of fused-ring (bicyclic) bond motifs is 1. The molecule has 0 aliphatic rings. The van der Waals surface area contributed by atoms with E-state index in [1.54, 1.807) is 11.3 Å². The van der Waals surface area contributed by atoms with Gasteiger partial charge in [0.1, 0.15) is 17.4 Å². The number of hydrogen-bond donors (Lipinski definition) is 0. The second kappa shape index (κ2) is 4.55. The summed E-state index contributed by atoms with van der Waals surface area (Å²) in [6, 6.07) is 18.7. The maximum Gasteiger partial charge on any atom is 0.140 e. The first-order chi connectivity index (χ1) is 8.42. The van der Waals surface area contributed by atoms with Crippen LogP contribution in [0.3, 0.4) is 0 Å². The Bertz CT molecular complexity index is 585. The zero-order valence-electron chi connectivity index (χ0n) is 9.09. The molecule has 2 aromatic carbocycles. The molecule has 0 amide bonds. The van der Waals surface area contributed by atoms with Crippen molar-refractivity contribution < 1.29 is 4.74 Å². The molecule has 0 bridgehead atoms. The molecular weight excluding hydrogens is 230 g/mol. The van der Waals surface area contributed by atoms with Gasteiger partial charge in [-0.05, 0) is 18.2 Å². The van der Waals surface area contributed by atoms with Gasteiger partial charge in [0, 0.05) is 6.07 Å². The molecule has 3 aromatic rings. The first kappa shape index (κ1) is 10.3. The minimum absolute atomic E-state index is 0.500. The minimum Gasteiger partial charge on any atom is -0.486 e. The Balaban J connectivity index is 1.77. The standard InChI is InChI=1S/C14H10NOS/c1-2-6-11(7-3-1)16-10-14-15-12-8-4-5-9-13(12)17-14/h1-6,8-9H,10H2. The fraction of sp³-hybridized carbons (Fsp3) is 0.0714. The molecule has 17 heavy (non-hydrogen) atoms. The van der Waals surface area contributed by atoms with Gasteiger partial charge in [0.15, 0.2) is 0 Å². The quantitative estimate of drug-likeness (QED) is 0.696. The third-order valence-electron chi connectivity index (χ3n) is 2.37. The van der Waals surface area contributed by atoms with Crippen LogP contribution in [0.2, 0.25) is 0 Å². The molecule has 0 saturated heterocycles. The number of nitrogens with zero attached hydrogens (tertiary/aromatic N) is 1. The van der Waals surface area contributed by atoms with Crippen LogP contribution in [0.15, 0.2) is 48.5 Å². The maximum absolute atomic E-state index is 5.61. The summed E-state index contributed by atoms with van der Waals surface area (Å²) < 4.78 is 6.81. The van der Waals surface area contributed by atoms with E-state index in [1.165, 1.54) is 4.70 Å². The van der Waals surface area contributed by atoms with Crippen molar-refractivity contribution in [2.45, 2.75) is 6.61 Å². The van der Waals surface area contributed by atoms with E-state index in [4.69, 9.17) is 4.74 Å². The van der Waals surface area contributed by atoms with Crippen LogP contribution in [0.1, 0.15) is 5.01 Å². The van der Waals surface area contributed by atoms with E-state index >= 15 is 0 Å². The molecule has 3 rings (SSSR count). The molecule has 0 aliphatic heterocycles. The number of hydrogen-bond acceptors (Lipinski definition) is 3. The topological polar surface area (TPSA) is 22.1 Å². The van der Waals surface area contributed by atoms with Gasteiger partial charge < -0.3 is 4.74 Å². The van der Waals surface area contributed by atoms with E-state index in [0.717, 1.165) is 16.3 Å². The van der Waals surface area contributed by atoms with Crippen LogP contribution in [0, 0.1) is 6.07 Å². The van der Waals surface area contributed by atoms with Crippen molar-refractivity contribution in [2.75, 3.05) is 0 Å². The fourth-order valence-corrected chi connectivity index (χ4v) is 2.47. The monoisotopic (exact) mass is 240 g/mol. The molecule has 1 aromatic heterocycles. The van der Waals surface area contributed by atoms with Crippen LogP contribution in [0.25, 0.3) is 10.2 Å². The maximum atomic E-state index is 5.61. The zero-order chi connectivity index (χ0) is 11.5. The lowest BCUT2D eigenvalue weighted by molar-refractivity contribution is 0.305. The molecule has 0 unspecified atom stereocenters. The SMILES string of the molecule is [c]1ccccc1OCc1nc2ccccc2s1. The minimum atomic E-state index is 0.500. The van der Waals surface area contributed by atoms with Gasteiger partial charge in [-0.15, -0.1) is 11.3 Å². The lowest BCUT2D eigenvalue weighted by atomic mass is 10.3. The summed E-state index contributed by atoms with van der Waals surface area (Å²) in [5.41, 5.74) is 1.04. The summed E-state index contributed by atoms with van der Waals surface area (Å²) >= 11 is 1.67. The molecule has 0 saturated carbocycles. The van der Waals surface area contributed by atoms with E-state index in [-0.39, 0.29) is 0 Å². The van der Waals surface area contributed by atoms with E-state index in [0.29, 0.717) is 6.61 Å². The van der Waals surface area contributed by atoms with Crippen molar-refractivity contribution >= 4 is 21.6 Å². The Labute approximate surface area is 104 Å². The van der Waals surface area contributed by atoms with E-state index in [9.17, 15) is 0 Å². The summed E-state index contributed by atoms with van der Waals surface area (Å²) in [7, 11) is 0. The first-order valence-corrected chi connectivity index (χ1v) is 6.17. The van der Waals surface area contributed by atoms with Crippen molar-refractivity contribution in [1.29, 1.82) is 0 Å². The zero-order valence-corrected chi connectivity index (χ0v) is 9.91. The van der Waals surface area contributed by atoms with Crippen molar-refractivity contribution in [3.05, 3.63) is 59.6 Å². The van der Waals surface area contributed by atoms with Gasteiger partial charge in [-0.2, -0.15) is 0 Å². The highest BCUT2D eigenvalue weighted by atomic mass is 32.1. The third-order valence-corrected chi connectivity index (χ3v) is 3.38. The number of benzene rings is 2. The second-order valence-corrected chi connectivity index (χ2v) is 4.71. The van der Waals surface area contributed by atoms with Crippen molar-refractivity contribution in [1.82, 2.24) is 4.98 Å². The number of thiazole rings is 1. The highest BCUT2D eigenvalue weighted by Gasteiger charge is 2.03. The molecule has 0 spiro atoms. The average molecular weight is 240 g/mol. The summed E-state index contributed by atoms with van der Waals surface area (Å²) in [4.78, 5) is 4.51. The molecule has 3 heteroatoms. The average Bonchev–Trinajstić information content (AvgIpc) is 2.80. The molecule has 1 radical (unpaired) electrons. The molecule has 0 N–H and O–H groups in total. The van der Waals surface area contributed by atoms with Crippen molar-refractivity contribution in [2.24, 2.45) is 0 Å². The summed E-state index contributed by atoms with van der Waals surface area (Å²) in [5.74, 6) is 0.756. The van der Waals surface area contributed by atoms with Gasteiger partial charge in [-0.1, -0.05) is 30.3 Å². The van der Waals surface area contributed by atoms with Crippen LogP contribution < -0.4 is 4.74 Å². The Morgan fingerprint density at radius 1 is 1.12 bits per heavy atom. The largest absolute Gasteiger partial charge is 0.486 e. The molecule has 0 fully saturated rings. The Kier molecular flexibility index (Phi) is 2.76. The lowest BCUT2D eigenvalue weighted by Gasteiger charge is -2.01. The van der Waals surface area contributed by atoms with Crippen LogP contribution in [-0.4, -0.2) is 4.98 Å². The lowest BCUT2D eigenvalue weighted by Crippen LogP contribution is -1.93. The predicted molar refractivity (Wildman–Crippen MR) is 69.2 cm³/mol. The number of aromatic nitrogens is 1. The predicted octanol–water partition coefficient (Wildman–Crippen LogP) is 3.68. The number of ether oxygens (including phenoxy) is 1. The summed E-state index contributed by atoms with van der Waals surface area (Å²) in [5, 5.41) is 0.989. The van der Waals surface area contributed by atoms with Crippen LogP contribution in [0.5, 0.6) is 5.75 Å². The van der Waals surface area contributed by atoms with Crippen LogP contribution >= 0.6 is 11.3 Å². The Morgan fingerprint density at radius 2 is 2.00 bits per heavy atom. The van der Waals surface area contributed by atoms with E-state index < -0.39 is 0 Å². The molecule has 2 nitrogen and oxygen atoms in total. The van der Waals surface area contributed by atoms with Gasteiger partial charge in [-0.25, -0.2) is 4.98 Å². The molecule has 0 atom stereocenters. The molecule has 83 valence electrons. The number of para-hydroxylation sites is 2. The van der Waals surface area contributed by atoms with Crippen molar-refractivity contribution in [3.8, 4) is 5.75 Å². The highest BCUT2D eigenvalue weighted by molar-refractivity contribution is 7.18. The fourth-order valence-electron chi connectivity index (χ4n) is 1.59. The van der Waals surface area contributed by atoms with Gasteiger partial charge in [0.25, 0.3) is 0 Å². The Morgan fingerprint density at radius 3 is 2.82 bits per heavy atom. The second-order valence-electron chi connectivity index (χ2n) is 3.59. The summed E-state index contributed by atoms with van der Waals surface area (Å²) in [6.07, 6.45) is 0. The number of rotatable bonds is 3. The normalized spacial score (nSPS) is 10.6. The first-order valence-electron chi connectivity index (χ1n) is 5.36. The van der Waals surface area contributed by atoms with Gasteiger partial charge in [-0.3, -0.25) is 0 Å². The van der Waals surface area contributed by atoms with Gasteiger partial charge in [0.2, 0.25) is 0 Å². The van der Waals surface area contributed by atoms with Gasteiger partial charge in [0.05, 0.1) is 10.2 Å². The van der Waals surface area contributed by atoms with E-state index in [2.05, 4.69) is 17.1 Å². The smallest absolute Gasteiger partial charge is 0.140 e. The molecular formula is C14H10NOS. The van der Waals surface area contributed by atoms with Gasteiger partial charge >= 0.3 is 0 Å². The molecule has 0 aliphatic carbocycles.